The molecule has 4 heteroatoms. The van der Waals surface area contributed by atoms with E-state index in [2.05, 4.69) is 0 Å². The van der Waals surface area contributed by atoms with Gasteiger partial charge in [0.05, 0.1) is 0 Å². The van der Waals surface area contributed by atoms with Crippen molar-refractivity contribution in [1.29, 1.82) is 0 Å². The molecule has 2 nitrogen and oxygen atoms in total. The Bertz CT molecular complexity index is 286. The summed E-state index contributed by atoms with van der Waals surface area (Å²) >= 11 is 0. The Labute approximate surface area is 72.0 Å². The van der Waals surface area contributed by atoms with E-state index >= 15 is 0 Å². The standard InChI is InChI=1S/C7H6O2S2/c8-7(9)5-3-1-2-4-6(5)10-11-7/h1-4,8-9H. The van der Waals surface area contributed by atoms with Gasteiger partial charge in [0, 0.05) is 10.5 Å². The van der Waals surface area contributed by atoms with E-state index in [0.29, 0.717) is 5.56 Å². The van der Waals surface area contributed by atoms with Crippen molar-refractivity contribution in [1.82, 2.24) is 0 Å². The molecule has 58 valence electrons. The van der Waals surface area contributed by atoms with Gasteiger partial charge in [0.25, 0.3) is 5.12 Å². The van der Waals surface area contributed by atoms with Crippen LogP contribution in [0, 0.1) is 0 Å². The molecule has 0 bridgehead atoms. The SMILES string of the molecule is OC1(O)SSc2ccccc21. The zero-order valence-corrected chi connectivity index (χ0v) is 7.15. The van der Waals surface area contributed by atoms with E-state index in [0.717, 1.165) is 15.7 Å². The van der Waals surface area contributed by atoms with Crippen LogP contribution in [0.15, 0.2) is 29.2 Å². The molecule has 0 aromatic heterocycles. The van der Waals surface area contributed by atoms with Gasteiger partial charge >= 0.3 is 0 Å². The molecule has 0 spiro atoms. The molecule has 0 amide bonds. The third kappa shape index (κ3) is 1.16. The van der Waals surface area contributed by atoms with Crippen molar-refractivity contribution < 1.29 is 10.2 Å². The molecule has 11 heavy (non-hydrogen) atoms. The minimum absolute atomic E-state index is 0.593. The average Bonchev–Trinajstić information content (AvgIpc) is 2.29. The first-order valence-electron chi connectivity index (χ1n) is 3.10. The highest BCUT2D eigenvalue weighted by Crippen LogP contribution is 2.53. The predicted molar refractivity (Wildman–Crippen MR) is 46.0 cm³/mol. The summed E-state index contributed by atoms with van der Waals surface area (Å²) in [5.74, 6) is 0. The van der Waals surface area contributed by atoms with E-state index in [1.807, 2.05) is 12.1 Å². The maximum Gasteiger partial charge on any atom is 0.252 e. The van der Waals surface area contributed by atoms with Crippen molar-refractivity contribution in [3.05, 3.63) is 29.8 Å². The molecule has 2 N–H and O–H groups in total. The molecule has 1 heterocycles. The van der Waals surface area contributed by atoms with Crippen LogP contribution >= 0.6 is 21.6 Å². The molecule has 1 aromatic carbocycles. The minimum Gasteiger partial charge on any atom is -0.353 e. The van der Waals surface area contributed by atoms with Gasteiger partial charge in [-0.05, 0) is 16.9 Å². The molecule has 1 aliphatic rings. The first kappa shape index (κ1) is 7.49. The number of hydrogen-bond donors (Lipinski definition) is 2. The second kappa shape index (κ2) is 2.42. The molecule has 0 aliphatic carbocycles. The lowest BCUT2D eigenvalue weighted by atomic mass is 10.2. The normalized spacial score (nSPS) is 19.8. The summed E-state index contributed by atoms with van der Waals surface area (Å²) in [7, 11) is 2.45. The summed E-state index contributed by atoms with van der Waals surface area (Å²) in [4.78, 5) is 0.933. The molecule has 0 radical (unpaired) electrons. The van der Waals surface area contributed by atoms with Crippen molar-refractivity contribution in [2.24, 2.45) is 0 Å². The summed E-state index contributed by atoms with van der Waals surface area (Å²) in [6.07, 6.45) is 0. The Morgan fingerprint density at radius 2 is 1.91 bits per heavy atom. The van der Waals surface area contributed by atoms with Gasteiger partial charge < -0.3 is 10.2 Å². The van der Waals surface area contributed by atoms with Crippen molar-refractivity contribution in [2.75, 3.05) is 0 Å². The van der Waals surface area contributed by atoms with Crippen molar-refractivity contribution >= 4 is 21.6 Å². The number of benzene rings is 1. The van der Waals surface area contributed by atoms with Gasteiger partial charge in [0.1, 0.15) is 0 Å². The zero-order chi connectivity index (χ0) is 7.90. The van der Waals surface area contributed by atoms with E-state index in [4.69, 9.17) is 0 Å². The van der Waals surface area contributed by atoms with Crippen LogP contribution in [-0.4, -0.2) is 10.2 Å². The molecular formula is C7H6O2S2. The fraction of sp³-hybridized carbons (Fsp3) is 0.143. The molecule has 0 unspecified atom stereocenters. The Kier molecular flexibility index (Phi) is 1.64. The predicted octanol–water partition coefficient (Wildman–Crippen LogP) is 1.54. The van der Waals surface area contributed by atoms with Crippen LogP contribution < -0.4 is 0 Å². The molecule has 1 aliphatic heterocycles. The van der Waals surface area contributed by atoms with E-state index in [-0.39, 0.29) is 0 Å². The Morgan fingerprint density at radius 3 is 2.64 bits per heavy atom. The molecule has 0 saturated carbocycles. The summed E-state index contributed by atoms with van der Waals surface area (Å²) in [5.41, 5.74) is 0.593. The Hall–Kier alpha value is -0.160. The Morgan fingerprint density at radius 1 is 1.18 bits per heavy atom. The number of fused-ring (bicyclic) bond motifs is 1. The lowest BCUT2D eigenvalue weighted by molar-refractivity contribution is -0.0811. The first-order chi connectivity index (χ1) is 5.20. The highest BCUT2D eigenvalue weighted by Gasteiger charge is 2.36. The Balaban J connectivity index is 2.56. The monoisotopic (exact) mass is 186 g/mol. The maximum absolute atomic E-state index is 9.34. The molecule has 0 saturated heterocycles. The average molecular weight is 186 g/mol. The summed E-state index contributed by atoms with van der Waals surface area (Å²) < 4.78 is 0. The lowest BCUT2D eigenvalue weighted by Gasteiger charge is -2.12. The summed E-state index contributed by atoms with van der Waals surface area (Å²) in [6.45, 7) is 0. The first-order valence-corrected chi connectivity index (χ1v) is 5.25. The van der Waals surface area contributed by atoms with Gasteiger partial charge in [0.15, 0.2) is 0 Å². The van der Waals surface area contributed by atoms with Crippen molar-refractivity contribution in [2.45, 2.75) is 10.0 Å². The third-order valence-electron chi connectivity index (χ3n) is 1.49. The zero-order valence-electron chi connectivity index (χ0n) is 5.52. The van der Waals surface area contributed by atoms with Crippen LogP contribution in [0.25, 0.3) is 0 Å². The fourth-order valence-corrected chi connectivity index (χ4v) is 3.25. The van der Waals surface area contributed by atoms with Gasteiger partial charge in [-0.1, -0.05) is 29.0 Å². The molecule has 2 rings (SSSR count). The number of rotatable bonds is 0. The van der Waals surface area contributed by atoms with Crippen LogP contribution in [-0.2, 0) is 5.12 Å². The van der Waals surface area contributed by atoms with Crippen LogP contribution in [0.2, 0.25) is 0 Å². The summed E-state index contributed by atoms with van der Waals surface area (Å²) in [5, 5.41) is 17.0. The van der Waals surface area contributed by atoms with Crippen molar-refractivity contribution in [3.63, 3.8) is 0 Å². The van der Waals surface area contributed by atoms with Crippen LogP contribution in [0.3, 0.4) is 0 Å². The van der Waals surface area contributed by atoms with Crippen LogP contribution in [0.5, 0.6) is 0 Å². The van der Waals surface area contributed by atoms with Gasteiger partial charge in [0.2, 0.25) is 0 Å². The largest absolute Gasteiger partial charge is 0.353 e. The van der Waals surface area contributed by atoms with E-state index in [1.54, 1.807) is 12.1 Å². The van der Waals surface area contributed by atoms with Gasteiger partial charge in [-0.2, -0.15) is 0 Å². The van der Waals surface area contributed by atoms with Gasteiger partial charge in [-0.3, -0.25) is 0 Å². The topological polar surface area (TPSA) is 40.5 Å². The number of hydrogen-bond acceptors (Lipinski definition) is 4. The highest BCUT2D eigenvalue weighted by molar-refractivity contribution is 8.77. The van der Waals surface area contributed by atoms with Crippen LogP contribution in [0.4, 0.5) is 0 Å². The molecule has 1 aromatic rings. The lowest BCUT2D eigenvalue weighted by Crippen LogP contribution is -2.15. The molecule has 0 atom stereocenters. The van der Waals surface area contributed by atoms with Crippen molar-refractivity contribution in [3.8, 4) is 0 Å². The van der Waals surface area contributed by atoms with E-state index in [1.165, 1.54) is 10.8 Å². The third-order valence-corrected chi connectivity index (χ3v) is 4.04. The fourth-order valence-electron chi connectivity index (χ4n) is 0.956. The second-order valence-corrected chi connectivity index (χ2v) is 4.61. The quantitative estimate of drug-likeness (QED) is 0.476. The number of aliphatic hydroxyl groups is 2. The summed E-state index contributed by atoms with van der Waals surface area (Å²) in [6, 6.07) is 7.28. The minimum atomic E-state index is -1.69. The van der Waals surface area contributed by atoms with Gasteiger partial charge in [-0.15, -0.1) is 0 Å². The van der Waals surface area contributed by atoms with Crippen LogP contribution in [0.1, 0.15) is 5.56 Å². The van der Waals surface area contributed by atoms with Gasteiger partial charge in [-0.25, -0.2) is 0 Å². The maximum atomic E-state index is 9.34. The highest BCUT2D eigenvalue weighted by atomic mass is 33.1. The van der Waals surface area contributed by atoms with E-state index in [9.17, 15) is 10.2 Å². The molecular weight excluding hydrogens is 180 g/mol. The van der Waals surface area contributed by atoms with E-state index < -0.39 is 5.12 Å². The second-order valence-electron chi connectivity index (χ2n) is 2.27. The smallest absolute Gasteiger partial charge is 0.252 e. The molecule has 0 fully saturated rings.